The molecule has 110 valence electrons. The molecule has 1 atom stereocenters. The van der Waals surface area contributed by atoms with Crippen LogP contribution in [0.5, 0.6) is 5.75 Å². The third kappa shape index (κ3) is 3.27. The van der Waals surface area contributed by atoms with Crippen LogP contribution in [0.25, 0.3) is 0 Å². The number of ether oxygens (including phenoxy) is 1. The van der Waals surface area contributed by atoms with E-state index < -0.39 is 0 Å². The van der Waals surface area contributed by atoms with Gasteiger partial charge in [-0.05, 0) is 60.1 Å². The lowest BCUT2D eigenvalue weighted by Crippen LogP contribution is -2.17. The van der Waals surface area contributed by atoms with Crippen LogP contribution >= 0.6 is 0 Å². The smallest absolute Gasteiger partial charge is 0.120 e. The van der Waals surface area contributed by atoms with Gasteiger partial charge in [0.1, 0.15) is 12.4 Å². The molecule has 2 aromatic carbocycles. The van der Waals surface area contributed by atoms with Gasteiger partial charge in [0, 0.05) is 6.04 Å². The number of nitrogens with two attached hydrogens (primary N) is 1. The lowest BCUT2D eigenvalue weighted by atomic mass is 9.88. The van der Waals surface area contributed by atoms with Crippen LogP contribution in [0.1, 0.15) is 48.1 Å². The molecule has 0 bridgehead atoms. The maximum absolute atomic E-state index is 6.20. The summed E-state index contributed by atoms with van der Waals surface area (Å²) in [6.45, 7) is 2.78. The minimum atomic E-state index is 0.168. The largest absolute Gasteiger partial charge is 0.489 e. The molecule has 0 radical (unpaired) electrons. The number of fused-ring (bicyclic) bond motifs is 1. The molecular weight excluding hydrogens is 258 g/mol. The van der Waals surface area contributed by atoms with Gasteiger partial charge in [0.25, 0.3) is 0 Å². The normalized spacial score (nSPS) is 17.3. The summed E-state index contributed by atoms with van der Waals surface area (Å²) in [5.41, 5.74) is 11.4. The molecule has 0 unspecified atom stereocenters. The fraction of sp³-hybridized carbons (Fsp3) is 0.368. The van der Waals surface area contributed by atoms with Gasteiger partial charge in [-0.25, -0.2) is 0 Å². The Balaban J connectivity index is 1.68. The zero-order valence-corrected chi connectivity index (χ0v) is 12.6. The van der Waals surface area contributed by atoms with Crippen molar-refractivity contribution in [1.29, 1.82) is 0 Å². The van der Waals surface area contributed by atoms with Gasteiger partial charge in [0.15, 0.2) is 0 Å². The standard InChI is InChI=1S/C19H23NO/c1-2-14-6-8-15(9-7-14)13-21-17-11-10-16-4-3-5-19(20)18(16)12-17/h6-12,19H,2-5,13,20H2,1H3/t19-/m0/s1. The Hall–Kier alpha value is -1.80. The minimum absolute atomic E-state index is 0.168. The van der Waals surface area contributed by atoms with Crippen molar-refractivity contribution in [2.24, 2.45) is 5.73 Å². The van der Waals surface area contributed by atoms with E-state index in [0.717, 1.165) is 25.0 Å². The summed E-state index contributed by atoms with van der Waals surface area (Å²) in [4.78, 5) is 0. The van der Waals surface area contributed by atoms with Crippen LogP contribution in [0, 0.1) is 0 Å². The Kier molecular flexibility index (Phi) is 4.26. The second kappa shape index (κ2) is 6.31. The number of benzene rings is 2. The Morgan fingerprint density at radius 2 is 1.86 bits per heavy atom. The molecule has 2 aromatic rings. The third-order valence-electron chi connectivity index (χ3n) is 4.31. The van der Waals surface area contributed by atoms with Crippen LogP contribution in [-0.2, 0) is 19.4 Å². The van der Waals surface area contributed by atoms with Gasteiger partial charge in [-0.2, -0.15) is 0 Å². The molecule has 0 aromatic heterocycles. The fourth-order valence-electron chi connectivity index (χ4n) is 2.94. The zero-order chi connectivity index (χ0) is 14.7. The highest BCUT2D eigenvalue weighted by Gasteiger charge is 2.17. The molecule has 0 spiro atoms. The van der Waals surface area contributed by atoms with E-state index in [1.807, 2.05) is 0 Å². The SMILES string of the molecule is CCc1ccc(COc2ccc3c(c2)[C@@H](N)CCC3)cc1. The Morgan fingerprint density at radius 1 is 1.10 bits per heavy atom. The zero-order valence-electron chi connectivity index (χ0n) is 12.6. The second-order valence-electron chi connectivity index (χ2n) is 5.82. The Morgan fingerprint density at radius 3 is 2.62 bits per heavy atom. The van der Waals surface area contributed by atoms with Gasteiger partial charge in [0.2, 0.25) is 0 Å². The van der Waals surface area contributed by atoms with Crippen molar-refractivity contribution in [3.8, 4) is 5.75 Å². The minimum Gasteiger partial charge on any atom is -0.489 e. The number of hydrogen-bond donors (Lipinski definition) is 1. The average molecular weight is 281 g/mol. The van der Waals surface area contributed by atoms with Gasteiger partial charge >= 0.3 is 0 Å². The van der Waals surface area contributed by atoms with E-state index in [9.17, 15) is 0 Å². The van der Waals surface area contributed by atoms with E-state index in [1.54, 1.807) is 0 Å². The monoisotopic (exact) mass is 281 g/mol. The molecule has 2 N–H and O–H groups in total. The fourth-order valence-corrected chi connectivity index (χ4v) is 2.94. The summed E-state index contributed by atoms with van der Waals surface area (Å²) in [6, 6.07) is 15.1. The quantitative estimate of drug-likeness (QED) is 0.913. The molecule has 0 saturated carbocycles. The second-order valence-corrected chi connectivity index (χ2v) is 5.82. The van der Waals surface area contributed by atoms with Crippen LogP contribution < -0.4 is 10.5 Å². The van der Waals surface area contributed by atoms with Crippen LogP contribution in [0.4, 0.5) is 0 Å². The van der Waals surface area contributed by atoms with E-state index in [-0.39, 0.29) is 6.04 Å². The first-order valence-electron chi connectivity index (χ1n) is 7.85. The van der Waals surface area contributed by atoms with Crippen molar-refractivity contribution < 1.29 is 4.74 Å². The van der Waals surface area contributed by atoms with E-state index in [0.29, 0.717) is 6.61 Å². The van der Waals surface area contributed by atoms with E-state index in [4.69, 9.17) is 10.5 Å². The molecule has 0 saturated heterocycles. The molecular formula is C19H23NO. The topological polar surface area (TPSA) is 35.2 Å². The number of hydrogen-bond acceptors (Lipinski definition) is 2. The summed E-state index contributed by atoms with van der Waals surface area (Å²) in [5.74, 6) is 0.922. The van der Waals surface area contributed by atoms with Crippen molar-refractivity contribution in [2.45, 2.75) is 45.3 Å². The molecule has 3 rings (SSSR count). The van der Waals surface area contributed by atoms with Crippen molar-refractivity contribution in [3.63, 3.8) is 0 Å². The Labute approximate surface area is 126 Å². The maximum atomic E-state index is 6.20. The first kappa shape index (κ1) is 14.2. The average Bonchev–Trinajstić information content (AvgIpc) is 2.54. The van der Waals surface area contributed by atoms with Gasteiger partial charge in [-0.1, -0.05) is 37.3 Å². The van der Waals surface area contributed by atoms with E-state index >= 15 is 0 Å². The van der Waals surface area contributed by atoms with Gasteiger partial charge in [0.05, 0.1) is 0 Å². The van der Waals surface area contributed by atoms with Crippen molar-refractivity contribution in [1.82, 2.24) is 0 Å². The molecule has 1 aliphatic carbocycles. The molecule has 0 fully saturated rings. The van der Waals surface area contributed by atoms with Crippen molar-refractivity contribution >= 4 is 0 Å². The highest BCUT2D eigenvalue weighted by Crippen LogP contribution is 2.31. The molecule has 1 aliphatic rings. The maximum Gasteiger partial charge on any atom is 0.120 e. The van der Waals surface area contributed by atoms with Crippen LogP contribution in [-0.4, -0.2) is 0 Å². The van der Waals surface area contributed by atoms with Crippen molar-refractivity contribution in [2.75, 3.05) is 0 Å². The lowest BCUT2D eigenvalue weighted by molar-refractivity contribution is 0.305. The molecule has 0 amide bonds. The summed E-state index contributed by atoms with van der Waals surface area (Å²) < 4.78 is 5.92. The molecule has 21 heavy (non-hydrogen) atoms. The van der Waals surface area contributed by atoms with Crippen LogP contribution in [0.3, 0.4) is 0 Å². The van der Waals surface area contributed by atoms with Gasteiger partial charge in [-0.15, -0.1) is 0 Å². The predicted molar refractivity (Wildman–Crippen MR) is 86.5 cm³/mol. The first-order chi connectivity index (χ1) is 10.3. The lowest BCUT2D eigenvalue weighted by Gasteiger charge is -2.22. The Bertz CT molecular complexity index is 603. The highest BCUT2D eigenvalue weighted by atomic mass is 16.5. The highest BCUT2D eigenvalue weighted by molar-refractivity contribution is 5.39. The number of aryl methyl sites for hydroxylation is 2. The van der Waals surface area contributed by atoms with Gasteiger partial charge in [-0.3, -0.25) is 0 Å². The van der Waals surface area contributed by atoms with E-state index in [1.165, 1.54) is 28.7 Å². The molecule has 0 heterocycles. The van der Waals surface area contributed by atoms with Gasteiger partial charge < -0.3 is 10.5 Å². The molecule has 2 nitrogen and oxygen atoms in total. The molecule has 0 aliphatic heterocycles. The summed E-state index contributed by atoms with van der Waals surface area (Å²) in [6.07, 6.45) is 4.48. The summed E-state index contributed by atoms with van der Waals surface area (Å²) >= 11 is 0. The summed E-state index contributed by atoms with van der Waals surface area (Å²) in [5, 5.41) is 0. The van der Waals surface area contributed by atoms with Crippen molar-refractivity contribution in [3.05, 3.63) is 64.7 Å². The van der Waals surface area contributed by atoms with Crippen LogP contribution in [0.2, 0.25) is 0 Å². The molecule has 2 heteroatoms. The summed E-state index contributed by atoms with van der Waals surface area (Å²) in [7, 11) is 0. The van der Waals surface area contributed by atoms with E-state index in [2.05, 4.69) is 49.4 Å². The predicted octanol–water partition coefficient (Wildman–Crippen LogP) is 4.16. The van der Waals surface area contributed by atoms with Crippen LogP contribution in [0.15, 0.2) is 42.5 Å². The first-order valence-corrected chi connectivity index (χ1v) is 7.85. The third-order valence-corrected chi connectivity index (χ3v) is 4.31. The number of rotatable bonds is 4.